The van der Waals surface area contributed by atoms with E-state index in [0.29, 0.717) is 6.42 Å². The lowest BCUT2D eigenvalue weighted by Gasteiger charge is -2.19. The van der Waals surface area contributed by atoms with Gasteiger partial charge in [0, 0.05) is 19.4 Å². The van der Waals surface area contributed by atoms with Crippen LogP contribution in [0.15, 0.2) is 36.5 Å². The Balaban J connectivity index is 3.72. The van der Waals surface area contributed by atoms with Crippen LogP contribution in [0.5, 0.6) is 0 Å². The van der Waals surface area contributed by atoms with Crippen molar-refractivity contribution in [1.29, 1.82) is 0 Å². The maximum absolute atomic E-state index is 12.7. The third-order valence-corrected chi connectivity index (χ3v) is 15.0. The van der Waals surface area contributed by atoms with Gasteiger partial charge in [-0.2, -0.15) is 0 Å². The zero-order valence-electron chi connectivity index (χ0n) is 48.1. The normalized spacial score (nSPS) is 13.2. The Morgan fingerprint density at radius 2 is 0.712 bits per heavy atom. The van der Waals surface area contributed by atoms with Crippen molar-refractivity contribution < 1.29 is 37.6 Å². The fraction of sp³-hybridized carbons (Fsp3) is 0.873. The highest BCUT2D eigenvalue weighted by atomic mass is 31.2. The fourth-order valence-corrected chi connectivity index (χ4v) is 10.1. The lowest BCUT2D eigenvalue weighted by atomic mass is 10.0. The lowest BCUT2D eigenvalue weighted by molar-refractivity contribution is -0.161. The van der Waals surface area contributed by atoms with Gasteiger partial charge in [0.1, 0.15) is 6.61 Å². The minimum Gasteiger partial charge on any atom is -0.462 e. The van der Waals surface area contributed by atoms with Crippen LogP contribution < -0.4 is 5.73 Å². The standard InChI is InChI=1S/C63H120NO8P/c1-3-5-7-9-11-13-15-17-18-19-20-21-22-23-24-25-26-27-28-29-30-31-32-33-34-35-36-37-38-39-40-41-42-44-46-48-50-52-54-56-63(66)72-61(60-71-73(67,68)70-58-57-64)59-69-62(65)55-53-51-49-47-45-43-16-14-12-10-8-6-4-2/h14-17,19-20,61H,3-13,18,21-60,64H2,1-2H3,(H,67,68)/b16-14-,17-15-,20-19-. The van der Waals surface area contributed by atoms with Crippen molar-refractivity contribution in [2.75, 3.05) is 26.4 Å². The Hall–Kier alpha value is -1.77. The van der Waals surface area contributed by atoms with E-state index in [1.54, 1.807) is 0 Å². The summed E-state index contributed by atoms with van der Waals surface area (Å²) in [5.74, 6) is -0.824. The van der Waals surface area contributed by atoms with Crippen LogP contribution in [0.1, 0.15) is 322 Å². The highest BCUT2D eigenvalue weighted by molar-refractivity contribution is 7.47. The summed E-state index contributed by atoms with van der Waals surface area (Å²) >= 11 is 0. The second-order valence-corrected chi connectivity index (χ2v) is 22.7. The first-order chi connectivity index (χ1) is 35.8. The Morgan fingerprint density at radius 1 is 0.411 bits per heavy atom. The number of esters is 2. The summed E-state index contributed by atoms with van der Waals surface area (Å²) in [6.45, 7) is 3.74. The molecule has 0 aromatic heterocycles. The number of phosphoric acid groups is 1. The van der Waals surface area contributed by atoms with Gasteiger partial charge in [-0.05, 0) is 70.6 Å². The van der Waals surface area contributed by atoms with Crippen molar-refractivity contribution in [3.05, 3.63) is 36.5 Å². The van der Waals surface area contributed by atoms with Gasteiger partial charge >= 0.3 is 19.8 Å². The molecule has 0 spiro atoms. The van der Waals surface area contributed by atoms with Crippen molar-refractivity contribution in [1.82, 2.24) is 0 Å². The molecule has 9 nitrogen and oxygen atoms in total. The second-order valence-electron chi connectivity index (χ2n) is 21.3. The summed E-state index contributed by atoms with van der Waals surface area (Å²) in [6.07, 6.45) is 72.5. The zero-order chi connectivity index (χ0) is 53.1. The first-order valence-corrected chi connectivity index (χ1v) is 33.0. The topological polar surface area (TPSA) is 134 Å². The summed E-state index contributed by atoms with van der Waals surface area (Å²) in [6, 6.07) is 0. The summed E-state index contributed by atoms with van der Waals surface area (Å²) in [7, 11) is -4.38. The minimum atomic E-state index is -4.38. The largest absolute Gasteiger partial charge is 0.472 e. The van der Waals surface area contributed by atoms with Crippen molar-refractivity contribution in [2.45, 2.75) is 328 Å². The van der Waals surface area contributed by atoms with Gasteiger partial charge in [0.2, 0.25) is 0 Å². The lowest BCUT2D eigenvalue weighted by Crippen LogP contribution is -2.29. The van der Waals surface area contributed by atoms with E-state index in [1.807, 2.05) is 0 Å². The van der Waals surface area contributed by atoms with Gasteiger partial charge < -0.3 is 20.1 Å². The molecule has 0 saturated carbocycles. The van der Waals surface area contributed by atoms with Crippen LogP contribution in [0, 0.1) is 0 Å². The molecule has 0 amide bonds. The predicted octanol–water partition coefficient (Wildman–Crippen LogP) is 20.0. The molecule has 0 radical (unpaired) electrons. The summed E-state index contributed by atoms with van der Waals surface area (Å²) in [4.78, 5) is 35.1. The van der Waals surface area contributed by atoms with Crippen LogP contribution >= 0.6 is 7.82 Å². The molecule has 10 heteroatoms. The number of ether oxygens (including phenoxy) is 2. The molecule has 0 fully saturated rings. The van der Waals surface area contributed by atoms with Crippen LogP contribution in [-0.2, 0) is 32.7 Å². The summed E-state index contributed by atoms with van der Waals surface area (Å²) in [5, 5.41) is 0. The van der Waals surface area contributed by atoms with E-state index in [4.69, 9.17) is 24.3 Å². The van der Waals surface area contributed by atoms with Gasteiger partial charge in [0.25, 0.3) is 0 Å². The third-order valence-electron chi connectivity index (χ3n) is 14.0. The number of phosphoric ester groups is 1. The highest BCUT2D eigenvalue weighted by Gasteiger charge is 2.26. The number of allylic oxidation sites excluding steroid dienone is 6. The predicted molar refractivity (Wildman–Crippen MR) is 312 cm³/mol. The van der Waals surface area contributed by atoms with Gasteiger partial charge in [-0.15, -0.1) is 0 Å². The maximum atomic E-state index is 12.7. The molecular formula is C63H120NO8P. The van der Waals surface area contributed by atoms with Gasteiger partial charge in [-0.3, -0.25) is 18.6 Å². The SMILES string of the molecule is CCCCCC/C=C\CCCCCCCC(=O)OCC(COP(=O)(O)OCCN)OC(=O)CCCCCCCCCCCCCCCCCCCCCCCCCCCCC/C=C\C/C=C\CCCCCCC. The average Bonchev–Trinajstić information content (AvgIpc) is 3.38. The van der Waals surface area contributed by atoms with E-state index in [0.717, 1.165) is 57.8 Å². The van der Waals surface area contributed by atoms with E-state index >= 15 is 0 Å². The maximum Gasteiger partial charge on any atom is 0.472 e. The molecular weight excluding hydrogens is 930 g/mol. The van der Waals surface area contributed by atoms with Crippen LogP contribution in [0.2, 0.25) is 0 Å². The number of carbonyl (C=O) groups excluding carboxylic acids is 2. The Bertz CT molecular complexity index is 1290. The minimum absolute atomic E-state index is 0.0543. The quantitative estimate of drug-likeness (QED) is 0.0264. The number of unbranched alkanes of at least 4 members (excludes halogenated alkanes) is 41. The van der Waals surface area contributed by atoms with E-state index in [2.05, 4.69) is 50.3 Å². The Labute approximate surface area is 452 Å². The van der Waals surface area contributed by atoms with E-state index in [1.165, 1.54) is 231 Å². The molecule has 0 aliphatic heterocycles. The molecule has 0 aliphatic carbocycles. The molecule has 0 bridgehead atoms. The number of rotatable bonds is 60. The molecule has 73 heavy (non-hydrogen) atoms. The molecule has 0 rings (SSSR count). The van der Waals surface area contributed by atoms with Gasteiger partial charge in [-0.25, -0.2) is 4.57 Å². The number of hydrogen-bond donors (Lipinski definition) is 2. The molecule has 2 unspecified atom stereocenters. The second kappa shape index (κ2) is 59.5. The van der Waals surface area contributed by atoms with E-state index < -0.39 is 26.5 Å². The van der Waals surface area contributed by atoms with Crippen LogP contribution in [-0.4, -0.2) is 49.3 Å². The average molecular weight is 1050 g/mol. The van der Waals surface area contributed by atoms with Crippen molar-refractivity contribution in [3.8, 4) is 0 Å². The van der Waals surface area contributed by atoms with Gasteiger partial charge in [0.05, 0.1) is 13.2 Å². The molecule has 0 saturated heterocycles. The number of carbonyl (C=O) groups is 2. The van der Waals surface area contributed by atoms with E-state index in [-0.39, 0.29) is 38.6 Å². The molecule has 430 valence electrons. The van der Waals surface area contributed by atoms with Crippen molar-refractivity contribution in [3.63, 3.8) is 0 Å². The van der Waals surface area contributed by atoms with Gasteiger partial charge in [0.15, 0.2) is 6.10 Å². The monoisotopic (exact) mass is 1050 g/mol. The molecule has 0 aliphatic rings. The fourth-order valence-electron chi connectivity index (χ4n) is 9.31. The number of nitrogens with two attached hydrogens (primary N) is 1. The number of hydrogen-bond acceptors (Lipinski definition) is 8. The molecule has 3 N–H and O–H groups in total. The highest BCUT2D eigenvalue weighted by Crippen LogP contribution is 2.43. The third kappa shape index (κ3) is 59.3. The molecule has 2 atom stereocenters. The summed E-state index contributed by atoms with van der Waals surface area (Å²) < 4.78 is 33.0. The van der Waals surface area contributed by atoms with Crippen LogP contribution in [0.3, 0.4) is 0 Å². The smallest absolute Gasteiger partial charge is 0.462 e. The molecule has 0 aromatic rings. The first kappa shape index (κ1) is 71.2. The Kier molecular flexibility index (Phi) is 58.0. The van der Waals surface area contributed by atoms with Crippen LogP contribution in [0.25, 0.3) is 0 Å². The van der Waals surface area contributed by atoms with Crippen molar-refractivity contribution in [2.24, 2.45) is 5.73 Å². The molecule has 0 aromatic carbocycles. The van der Waals surface area contributed by atoms with Crippen LogP contribution in [0.4, 0.5) is 0 Å². The van der Waals surface area contributed by atoms with Gasteiger partial charge in [-0.1, -0.05) is 275 Å². The van der Waals surface area contributed by atoms with Crippen molar-refractivity contribution >= 4 is 19.8 Å². The molecule has 0 heterocycles. The zero-order valence-corrected chi connectivity index (χ0v) is 49.0. The van der Waals surface area contributed by atoms with E-state index in [9.17, 15) is 19.0 Å². The summed E-state index contributed by atoms with van der Waals surface area (Å²) in [5.41, 5.74) is 5.38. The Morgan fingerprint density at radius 3 is 1.07 bits per heavy atom. The first-order valence-electron chi connectivity index (χ1n) is 31.5.